The average Bonchev–Trinajstić information content (AvgIpc) is 2.39. The fraction of sp³-hybridized carbons (Fsp3) is 0.533. The summed E-state index contributed by atoms with van der Waals surface area (Å²) in [7, 11) is 0. The van der Waals surface area contributed by atoms with Crippen molar-refractivity contribution in [2.75, 3.05) is 13.1 Å². The van der Waals surface area contributed by atoms with Gasteiger partial charge in [0.15, 0.2) is 0 Å². The number of esters is 1. The van der Waals surface area contributed by atoms with Crippen LogP contribution in [0, 0.1) is 9.49 Å². The van der Waals surface area contributed by atoms with Crippen molar-refractivity contribution in [2.45, 2.75) is 32.3 Å². The lowest BCUT2D eigenvalue weighted by Crippen LogP contribution is -2.88. The number of carbonyl (C=O) groups is 1. The van der Waals surface area contributed by atoms with Gasteiger partial charge in [0, 0.05) is 9.49 Å². The average molecular weight is 374 g/mol. The van der Waals surface area contributed by atoms with E-state index in [4.69, 9.17) is 4.74 Å². The molecule has 1 saturated heterocycles. The largest absolute Gasteiger partial charge is 0.456 e. The van der Waals surface area contributed by atoms with Gasteiger partial charge in [-0.15, -0.1) is 0 Å². The summed E-state index contributed by atoms with van der Waals surface area (Å²) in [5, 5.41) is 2.32. The molecule has 0 saturated carbocycles. The molecule has 4 heteroatoms. The quantitative estimate of drug-likeness (QED) is 0.651. The Hall–Kier alpha value is -0.620. The molecule has 19 heavy (non-hydrogen) atoms. The highest BCUT2D eigenvalue weighted by Crippen LogP contribution is 2.27. The molecule has 0 radical (unpaired) electrons. The molecule has 1 aromatic rings. The molecular formula is C15H21INO2+. The number of rotatable bonds is 3. The maximum Gasteiger partial charge on any atom is 0.339 e. The van der Waals surface area contributed by atoms with Crippen molar-refractivity contribution in [3.8, 4) is 0 Å². The van der Waals surface area contributed by atoms with E-state index in [1.165, 1.54) is 13.0 Å². The molecule has 1 unspecified atom stereocenters. The Balaban J connectivity index is 2.07. The van der Waals surface area contributed by atoms with E-state index in [2.05, 4.69) is 27.9 Å². The number of ether oxygens (including phenoxy) is 1. The number of quaternary nitrogens is 1. The Morgan fingerprint density at radius 1 is 1.42 bits per heavy atom. The summed E-state index contributed by atoms with van der Waals surface area (Å²) in [5.41, 5.74) is 0.267. The molecule has 0 spiro atoms. The lowest BCUT2D eigenvalue weighted by Gasteiger charge is -2.35. The monoisotopic (exact) mass is 374 g/mol. The predicted octanol–water partition coefficient (Wildman–Crippen LogP) is 2.20. The zero-order valence-electron chi connectivity index (χ0n) is 11.5. The molecule has 1 aromatic carbocycles. The van der Waals surface area contributed by atoms with Crippen LogP contribution in [0.15, 0.2) is 24.3 Å². The van der Waals surface area contributed by atoms with Crippen LogP contribution < -0.4 is 5.32 Å². The van der Waals surface area contributed by atoms with E-state index in [0.717, 1.165) is 16.5 Å². The van der Waals surface area contributed by atoms with Gasteiger partial charge in [0.25, 0.3) is 0 Å². The summed E-state index contributed by atoms with van der Waals surface area (Å²) in [4.78, 5) is 12.3. The zero-order valence-corrected chi connectivity index (χ0v) is 13.6. The first-order valence-corrected chi connectivity index (χ1v) is 7.88. The molecule has 3 nitrogen and oxygen atoms in total. The molecule has 1 aliphatic rings. The topological polar surface area (TPSA) is 42.9 Å². The van der Waals surface area contributed by atoms with Crippen molar-refractivity contribution in [2.24, 2.45) is 5.92 Å². The van der Waals surface area contributed by atoms with Gasteiger partial charge in [-0.25, -0.2) is 4.79 Å². The third-order valence-electron chi connectivity index (χ3n) is 3.84. The van der Waals surface area contributed by atoms with E-state index < -0.39 is 5.60 Å². The number of carbonyl (C=O) groups excluding carboxylic acids is 1. The molecule has 0 aromatic heterocycles. The van der Waals surface area contributed by atoms with Gasteiger partial charge < -0.3 is 10.1 Å². The molecular weight excluding hydrogens is 353 g/mol. The van der Waals surface area contributed by atoms with Crippen LogP contribution >= 0.6 is 22.6 Å². The highest BCUT2D eigenvalue weighted by molar-refractivity contribution is 14.1. The first-order chi connectivity index (χ1) is 9.00. The first kappa shape index (κ1) is 14.8. The van der Waals surface area contributed by atoms with Crippen LogP contribution in [0.2, 0.25) is 0 Å². The Labute approximate surface area is 128 Å². The second kappa shape index (κ2) is 6.22. The van der Waals surface area contributed by atoms with Gasteiger partial charge in [-0.1, -0.05) is 12.1 Å². The van der Waals surface area contributed by atoms with E-state index in [1.54, 1.807) is 0 Å². The van der Waals surface area contributed by atoms with Gasteiger partial charge in [0.1, 0.15) is 5.60 Å². The van der Waals surface area contributed by atoms with Crippen molar-refractivity contribution >= 4 is 28.6 Å². The second-order valence-electron chi connectivity index (χ2n) is 5.63. The number of hydrogen-bond acceptors (Lipinski definition) is 2. The number of nitrogens with two attached hydrogens (primary N) is 1. The summed E-state index contributed by atoms with van der Waals surface area (Å²) in [6, 6.07) is 7.56. The molecule has 1 atom stereocenters. The van der Waals surface area contributed by atoms with Crippen molar-refractivity contribution in [3.63, 3.8) is 0 Å². The minimum Gasteiger partial charge on any atom is -0.456 e. The SMILES string of the molecule is CC(C)(OC(=O)c1ccccc1I)C1CCC[NH2+]C1. The van der Waals surface area contributed by atoms with Crippen LogP contribution in [-0.2, 0) is 4.74 Å². The van der Waals surface area contributed by atoms with Gasteiger partial charge in [-0.05, 0) is 61.4 Å². The standard InChI is InChI=1S/C15H20INO2/c1-15(2,11-6-5-9-17-10-11)19-14(18)12-7-3-4-8-13(12)16/h3-4,7-8,11,17H,5-6,9-10H2,1-2H3/p+1. The molecule has 0 aliphatic carbocycles. The summed E-state index contributed by atoms with van der Waals surface area (Å²) < 4.78 is 6.72. The normalized spacial score (nSPS) is 20.1. The smallest absolute Gasteiger partial charge is 0.339 e. The number of halogens is 1. The van der Waals surface area contributed by atoms with E-state index in [0.29, 0.717) is 11.5 Å². The molecule has 2 rings (SSSR count). The molecule has 0 amide bonds. The maximum absolute atomic E-state index is 12.3. The van der Waals surface area contributed by atoms with Crippen LogP contribution in [-0.4, -0.2) is 24.7 Å². The second-order valence-corrected chi connectivity index (χ2v) is 6.79. The fourth-order valence-corrected chi connectivity index (χ4v) is 3.19. The lowest BCUT2D eigenvalue weighted by molar-refractivity contribution is -0.671. The number of hydrogen-bond donors (Lipinski definition) is 1. The Bertz CT molecular complexity index is 453. The van der Waals surface area contributed by atoms with Crippen molar-refractivity contribution < 1.29 is 14.8 Å². The molecule has 104 valence electrons. The Morgan fingerprint density at radius 3 is 2.79 bits per heavy atom. The summed E-state index contributed by atoms with van der Waals surface area (Å²) in [6.07, 6.45) is 2.34. The van der Waals surface area contributed by atoms with E-state index >= 15 is 0 Å². The van der Waals surface area contributed by atoms with Crippen molar-refractivity contribution in [1.82, 2.24) is 0 Å². The highest BCUT2D eigenvalue weighted by atomic mass is 127. The van der Waals surface area contributed by atoms with Crippen molar-refractivity contribution in [1.29, 1.82) is 0 Å². The molecule has 1 aliphatic heterocycles. The molecule has 0 bridgehead atoms. The summed E-state index contributed by atoms with van der Waals surface area (Å²) in [6.45, 7) is 6.30. The number of piperidine rings is 1. The van der Waals surface area contributed by atoms with Crippen LogP contribution in [0.4, 0.5) is 0 Å². The third-order valence-corrected chi connectivity index (χ3v) is 4.79. The third kappa shape index (κ3) is 3.69. The van der Waals surface area contributed by atoms with E-state index in [9.17, 15) is 4.79 Å². The lowest BCUT2D eigenvalue weighted by atomic mass is 9.84. The minimum atomic E-state index is -0.396. The van der Waals surface area contributed by atoms with Crippen molar-refractivity contribution in [3.05, 3.63) is 33.4 Å². The van der Waals surface area contributed by atoms with Gasteiger partial charge >= 0.3 is 5.97 Å². The minimum absolute atomic E-state index is 0.208. The first-order valence-electron chi connectivity index (χ1n) is 6.80. The number of benzene rings is 1. The Kier molecular flexibility index (Phi) is 4.84. The molecule has 2 N–H and O–H groups in total. The fourth-order valence-electron chi connectivity index (χ4n) is 2.58. The van der Waals surface area contributed by atoms with Crippen LogP contribution in [0.5, 0.6) is 0 Å². The van der Waals surface area contributed by atoms with Gasteiger partial charge in [0.05, 0.1) is 18.7 Å². The Morgan fingerprint density at radius 2 is 2.16 bits per heavy atom. The maximum atomic E-state index is 12.3. The van der Waals surface area contributed by atoms with E-state index in [1.807, 2.05) is 38.1 Å². The molecule has 1 heterocycles. The van der Waals surface area contributed by atoms with Crippen LogP contribution in [0.3, 0.4) is 0 Å². The molecule has 1 fully saturated rings. The summed E-state index contributed by atoms with van der Waals surface area (Å²) in [5.74, 6) is 0.229. The van der Waals surface area contributed by atoms with Gasteiger partial charge in [-0.2, -0.15) is 0 Å². The highest BCUT2D eigenvalue weighted by Gasteiger charge is 2.36. The van der Waals surface area contributed by atoms with Crippen LogP contribution in [0.1, 0.15) is 37.0 Å². The van der Waals surface area contributed by atoms with Gasteiger partial charge in [0.2, 0.25) is 0 Å². The summed E-state index contributed by atoms with van der Waals surface area (Å²) >= 11 is 2.17. The predicted molar refractivity (Wildman–Crippen MR) is 83.0 cm³/mol. The van der Waals surface area contributed by atoms with Gasteiger partial charge in [-0.3, -0.25) is 0 Å². The zero-order chi connectivity index (χ0) is 13.9. The van der Waals surface area contributed by atoms with Crippen LogP contribution in [0.25, 0.3) is 0 Å². The van der Waals surface area contributed by atoms with E-state index in [-0.39, 0.29) is 5.97 Å².